The number of nitrogens with zero attached hydrogens (tertiary/aromatic N) is 4. The molecule has 0 aromatic carbocycles. The van der Waals surface area contributed by atoms with Crippen LogP contribution in [0.4, 0.5) is 5.13 Å². The van der Waals surface area contributed by atoms with Crippen LogP contribution in [0.2, 0.25) is 0 Å². The summed E-state index contributed by atoms with van der Waals surface area (Å²) >= 11 is 2.98. The molecule has 0 atom stereocenters. The van der Waals surface area contributed by atoms with Crippen molar-refractivity contribution in [1.29, 1.82) is 0 Å². The molecular formula is C20H23N5O2S2. The molecule has 4 rings (SSSR count). The van der Waals surface area contributed by atoms with Crippen molar-refractivity contribution < 1.29 is 9.32 Å². The number of carbonyl (C=O) groups is 1. The zero-order valence-corrected chi connectivity index (χ0v) is 18.1. The lowest BCUT2D eigenvalue weighted by molar-refractivity contribution is 0.102. The number of nitrogens with one attached hydrogen (secondary N) is 1. The molecule has 29 heavy (non-hydrogen) atoms. The van der Waals surface area contributed by atoms with Crippen LogP contribution in [0.1, 0.15) is 70.4 Å². The highest BCUT2D eigenvalue weighted by atomic mass is 32.2. The van der Waals surface area contributed by atoms with Crippen LogP contribution in [0, 0.1) is 13.8 Å². The second kappa shape index (κ2) is 9.04. The summed E-state index contributed by atoms with van der Waals surface area (Å²) in [6.07, 6.45) is 7.80. The van der Waals surface area contributed by atoms with Gasteiger partial charge in [-0.2, -0.15) is 0 Å². The summed E-state index contributed by atoms with van der Waals surface area (Å²) in [6.45, 7) is 3.80. The van der Waals surface area contributed by atoms with Gasteiger partial charge in [0, 0.05) is 23.4 Å². The lowest BCUT2D eigenvalue weighted by Gasteiger charge is -2.18. The van der Waals surface area contributed by atoms with Crippen molar-refractivity contribution >= 4 is 34.1 Å². The van der Waals surface area contributed by atoms with Crippen LogP contribution in [-0.4, -0.2) is 26.2 Å². The molecule has 1 aliphatic carbocycles. The lowest BCUT2D eigenvalue weighted by atomic mass is 9.90. The van der Waals surface area contributed by atoms with E-state index in [1.165, 1.54) is 42.4 Å². The fourth-order valence-corrected chi connectivity index (χ4v) is 5.54. The number of hydrogen-bond donors (Lipinski definition) is 1. The molecule has 0 radical (unpaired) electrons. The molecule has 0 unspecified atom stereocenters. The van der Waals surface area contributed by atoms with Crippen LogP contribution < -0.4 is 5.32 Å². The maximum Gasteiger partial charge on any atom is 0.260 e. The normalized spacial score (nSPS) is 14.8. The van der Waals surface area contributed by atoms with Gasteiger partial charge in [-0.25, -0.2) is 4.98 Å². The second-order valence-corrected chi connectivity index (χ2v) is 9.16. The van der Waals surface area contributed by atoms with Crippen LogP contribution in [0.5, 0.6) is 0 Å². The van der Waals surface area contributed by atoms with Crippen molar-refractivity contribution in [3.8, 4) is 0 Å². The third-order valence-corrected chi connectivity index (χ3v) is 7.20. The van der Waals surface area contributed by atoms with E-state index in [0.29, 0.717) is 27.4 Å². The van der Waals surface area contributed by atoms with E-state index < -0.39 is 0 Å². The Kier molecular flexibility index (Phi) is 6.25. The van der Waals surface area contributed by atoms with E-state index in [4.69, 9.17) is 4.52 Å². The number of anilines is 1. The van der Waals surface area contributed by atoms with Gasteiger partial charge in [0.05, 0.1) is 11.3 Å². The van der Waals surface area contributed by atoms with Crippen LogP contribution in [-0.2, 0) is 5.75 Å². The predicted molar refractivity (Wildman–Crippen MR) is 113 cm³/mol. The Bertz CT molecular complexity index is 975. The Labute approximate surface area is 177 Å². The van der Waals surface area contributed by atoms with Gasteiger partial charge in [-0.15, -0.1) is 22.0 Å². The van der Waals surface area contributed by atoms with Gasteiger partial charge in [0.25, 0.3) is 5.91 Å². The van der Waals surface area contributed by atoms with Gasteiger partial charge in [-0.1, -0.05) is 35.8 Å². The first-order chi connectivity index (χ1) is 14.1. The van der Waals surface area contributed by atoms with Crippen LogP contribution in [0.25, 0.3) is 0 Å². The number of aromatic nitrogens is 4. The number of hydrogen-bond acceptors (Lipinski definition) is 8. The topological polar surface area (TPSA) is 93.8 Å². The number of rotatable bonds is 6. The molecule has 0 aliphatic heterocycles. The Morgan fingerprint density at radius 1 is 1.28 bits per heavy atom. The van der Waals surface area contributed by atoms with Crippen molar-refractivity contribution in [1.82, 2.24) is 20.3 Å². The monoisotopic (exact) mass is 429 g/mol. The van der Waals surface area contributed by atoms with E-state index in [9.17, 15) is 4.79 Å². The highest BCUT2D eigenvalue weighted by Gasteiger charge is 2.21. The summed E-state index contributed by atoms with van der Waals surface area (Å²) in [5, 5.41) is 17.6. The van der Waals surface area contributed by atoms with Gasteiger partial charge in [0.1, 0.15) is 15.8 Å². The zero-order valence-electron chi connectivity index (χ0n) is 16.5. The minimum absolute atomic E-state index is 0.217. The SMILES string of the molecule is Cc1noc(C)c1CSc1ncccc1C(=O)Nc1nnc(C2CCCCC2)s1. The van der Waals surface area contributed by atoms with Crippen LogP contribution in [0.3, 0.4) is 0 Å². The molecule has 0 bridgehead atoms. The summed E-state index contributed by atoms with van der Waals surface area (Å²) in [6, 6.07) is 3.55. The van der Waals surface area contributed by atoms with Crippen molar-refractivity contribution in [2.75, 3.05) is 5.32 Å². The molecular weight excluding hydrogens is 406 g/mol. The highest BCUT2D eigenvalue weighted by molar-refractivity contribution is 7.98. The van der Waals surface area contributed by atoms with E-state index in [0.717, 1.165) is 34.9 Å². The van der Waals surface area contributed by atoms with Gasteiger partial charge in [-0.3, -0.25) is 10.1 Å². The van der Waals surface area contributed by atoms with E-state index >= 15 is 0 Å². The number of thioether (sulfide) groups is 1. The molecule has 9 heteroatoms. The van der Waals surface area contributed by atoms with Gasteiger partial charge in [0.2, 0.25) is 5.13 Å². The first kappa shape index (κ1) is 20.0. The van der Waals surface area contributed by atoms with E-state index in [-0.39, 0.29) is 5.91 Å². The molecule has 0 saturated heterocycles. The molecule has 3 heterocycles. The fraction of sp³-hybridized carbons (Fsp3) is 0.450. The number of amides is 1. The molecule has 1 saturated carbocycles. The first-order valence-corrected chi connectivity index (χ1v) is 11.6. The van der Waals surface area contributed by atoms with E-state index in [2.05, 4.69) is 25.7 Å². The average Bonchev–Trinajstić information content (AvgIpc) is 3.34. The Hall–Kier alpha value is -2.26. The van der Waals surface area contributed by atoms with Crippen molar-refractivity contribution in [3.05, 3.63) is 45.9 Å². The summed E-state index contributed by atoms with van der Waals surface area (Å²) < 4.78 is 5.22. The van der Waals surface area contributed by atoms with Gasteiger partial charge in [0.15, 0.2) is 0 Å². The quantitative estimate of drug-likeness (QED) is 0.543. The standard InChI is InChI=1S/C20H23N5O2S2/c1-12-16(13(2)27-25-12)11-28-19-15(9-6-10-21-19)17(26)22-20-24-23-18(29-20)14-7-4-3-5-8-14/h6,9-10,14H,3-5,7-8,11H2,1-2H3,(H,22,24,26). The number of carbonyl (C=O) groups excluding carboxylic acids is 1. The van der Waals surface area contributed by atoms with Crippen molar-refractivity contribution in [2.45, 2.75) is 62.6 Å². The molecule has 3 aromatic rings. The molecule has 0 spiro atoms. The molecule has 3 aromatic heterocycles. The molecule has 1 aliphatic rings. The number of pyridine rings is 1. The lowest BCUT2D eigenvalue weighted by Crippen LogP contribution is -2.13. The third kappa shape index (κ3) is 4.67. The van der Waals surface area contributed by atoms with Gasteiger partial charge >= 0.3 is 0 Å². The Balaban J connectivity index is 1.44. The minimum atomic E-state index is -0.217. The molecule has 1 N–H and O–H groups in total. The predicted octanol–water partition coefficient (Wildman–Crippen LogP) is 5.13. The van der Waals surface area contributed by atoms with Crippen molar-refractivity contribution in [2.24, 2.45) is 0 Å². The summed E-state index contributed by atoms with van der Waals surface area (Å²) in [5.74, 6) is 1.70. The van der Waals surface area contributed by atoms with Crippen molar-refractivity contribution in [3.63, 3.8) is 0 Å². The maximum absolute atomic E-state index is 12.9. The fourth-order valence-electron chi connectivity index (χ4n) is 3.49. The first-order valence-electron chi connectivity index (χ1n) is 9.76. The average molecular weight is 430 g/mol. The van der Waals surface area contributed by atoms with E-state index in [1.807, 2.05) is 13.8 Å². The molecule has 1 amide bonds. The third-order valence-electron chi connectivity index (χ3n) is 5.17. The Morgan fingerprint density at radius 3 is 2.86 bits per heavy atom. The summed E-state index contributed by atoms with van der Waals surface area (Å²) in [4.78, 5) is 17.3. The molecule has 1 fully saturated rings. The van der Waals surface area contributed by atoms with Gasteiger partial charge in [-0.05, 0) is 38.8 Å². The maximum atomic E-state index is 12.9. The largest absolute Gasteiger partial charge is 0.361 e. The van der Waals surface area contributed by atoms with Crippen LogP contribution in [0.15, 0.2) is 27.9 Å². The van der Waals surface area contributed by atoms with E-state index in [1.54, 1.807) is 18.3 Å². The molecule has 7 nitrogen and oxygen atoms in total. The summed E-state index contributed by atoms with van der Waals surface area (Å²) in [7, 11) is 0. The van der Waals surface area contributed by atoms with Crippen LogP contribution >= 0.6 is 23.1 Å². The minimum Gasteiger partial charge on any atom is -0.361 e. The smallest absolute Gasteiger partial charge is 0.260 e. The second-order valence-electron chi connectivity index (χ2n) is 7.18. The van der Waals surface area contributed by atoms with Gasteiger partial charge < -0.3 is 4.52 Å². The number of aryl methyl sites for hydroxylation is 2. The molecule has 152 valence electrons. The zero-order chi connectivity index (χ0) is 20.2. The summed E-state index contributed by atoms with van der Waals surface area (Å²) in [5.41, 5.74) is 2.42. The Morgan fingerprint density at radius 2 is 2.10 bits per heavy atom. The highest BCUT2D eigenvalue weighted by Crippen LogP contribution is 2.35.